The molecule has 4 amide bonds. The largest absolute Gasteiger partial charge is 0.497 e. The van der Waals surface area contributed by atoms with Crippen LogP contribution in [0.1, 0.15) is 52.0 Å². The predicted molar refractivity (Wildman–Crippen MR) is 166 cm³/mol. The van der Waals surface area contributed by atoms with Gasteiger partial charge in [-0.25, -0.2) is 4.79 Å². The second-order valence-corrected chi connectivity index (χ2v) is 11.1. The predicted octanol–water partition coefficient (Wildman–Crippen LogP) is 6.34. The SMILES string of the molecule is COc1ccc(C(=O)Nc2ccc(N3CCCN(C(=O)Nc4cccc(C(F)(F)F)c4)CC3)c(C(=O)N3CCCCC3)c2)cc1. The Morgan fingerprint density at radius 3 is 2.16 bits per heavy atom. The summed E-state index contributed by atoms with van der Waals surface area (Å²) in [6, 6.07) is 16.1. The first kappa shape index (κ1) is 31.7. The zero-order valence-corrected chi connectivity index (χ0v) is 25.0. The number of amides is 4. The van der Waals surface area contributed by atoms with Gasteiger partial charge < -0.3 is 30.1 Å². The average Bonchev–Trinajstić information content (AvgIpc) is 3.31. The smallest absolute Gasteiger partial charge is 0.416 e. The van der Waals surface area contributed by atoms with Gasteiger partial charge in [0, 0.05) is 61.9 Å². The van der Waals surface area contributed by atoms with Crippen molar-refractivity contribution >= 4 is 34.9 Å². The van der Waals surface area contributed by atoms with E-state index in [1.54, 1.807) is 48.4 Å². The number of hydrogen-bond acceptors (Lipinski definition) is 5. The number of piperidine rings is 1. The van der Waals surface area contributed by atoms with Gasteiger partial charge in [-0.05, 0) is 86.3 Å². The van der Waals surface area contributed by atoms with Gasteiger partial charge in [0.15, 0.2) is 0 Å². The van der Waals surface area contributed by atoms with E-state index in [1.807, 2.05) is 15.9 Å². The lowest BCUT2D eigenvalue weighted by atomic mass is 10.1. The van der Waals surface area contributed by atoms with Crippen molar-refractivity contribution in [2.45, 2.75) is 31.9 Å². The van der Waals surface area contributed by atoms with Crippen molar-refractivity contribution in [2.75, 3.05) is 61.9 Å². The lowest BCUT2D eigenvalue weighted by Crippen LogP contribution is -2.39. The molecule has 0 aromatic heterocycles. The number of carbonyl (C=O) groups is 3. The minimum absolute atomic E-state index is 0.0672. The van der Waals surface area contributed by atoms with Crippen LogP contribution in [0.2, 0.25) is 0 Å². The molecule has 3 aromatic rings. The highest BCUT2D eigenvalue weighted by Crippen LogP contribution is 2.31. The fourth-order valence-electron chi connectivity index (χ4n) is 5.61. The van der Waals surface area contributed by atoms with E-state index in [-0.39, 0.29) is 17.5 Å². The highest BCUT2D eigenvalue weighted by molar-refractivity contribution is 6.06. The minimum Gasteiger partial charge on any atom is -0.497 e. The van der Waals surface area contributed by atoms with Gasteiger partial charge in [-0.3, -0.25) is 9.59 Å². The number of nitrogens with one attached hydrogen (secondary N) is 2. The number of nitrogens with zero attached hydrogens (tertiary/aromatic N) is 3. The first-order chi connectivity index (χ1) is 21.6. The first-order valence-corrected chi connectivity index (χ1v) is 15.0. The molecule has 0 unspecified atom stereocenters. The fourth-order valence-corrected chi connectivity index (χ4v) is 5.61. The molecule has 0 radical (unpaired) electrons. The number of ether oxygens (including phenoxy) is 1. The molecular weight excluding hydrogens is 587 g/mol. The van der Waals surface area contributed by atoms with Crippen molar-refractivity contribution in [3.8, 4) is 5.75 Å². The zero-order valence-electron chi connectivity index (χ0n) is 25.0. The molecule has 0 atom stereocenters. The minimum atomic E-state index is -4.51. The standard InChI is InChI=1S/C33H36F3N5O4/c1-45-27-12-9-23(10-13-27)30(42)37-26-11-14-29(28(22-26)31(43)40-15-3-2-4-16-40)39-17-6-18-41(20-19-39)32(44)38-25-8-5-7-24(21-25)33(34,35)36/h5,7-14,21-22H,2-4,6,15-20H2,1H3,(H,37,42)(H,38,44). The maximum absolute atomic E-state index is 13.8. The van der Waals surface area contributed by atoms with Crippen molar-refractivity contribution in [2.24, 2.45) is 0 Å². The Morgan fingerprint density at radius 1 is 0.733 bits per heavy atom. The Bertz CT molecular complexity index is 1520. The Kier molecular flexibility index (Phi) is 9.80. The third kappa shape index (κ3) is 7.86. The van der Waals surface area contributed by atoms with E-state index in [0.717, 1.165) is 31.4 Å². The lowest BCUT2D eigenvalue weighted by molar-refractivity contribution is -0.137. The lowest BCUT2D eigenvalue weighted by Gasteiger charge is -2.30. The highest BCUT2D eigenvalue weighted by Gasteiger charge is 2.31. The van der Waals surface area contributed by atoms with Gasteiger partial charge in [0.2, 0.25) is 0 Å². The number of likely N-dealkylation sites (tertiary alicyclic amines) is 1. The van der Waals surface area contributed by atoms with Crippen LogP contribution in [0, 0.1) is 0 Å². The van der Waals surface area contributed by atoms with Crippen LogP contribution in [0.5, 0.6) is 5.75 Å². The normalized spacial score (nSPS) is 15.7. The molecule has 5 rings (SSSR count). The second-order valence-electron chi connectivity index (χ2n) is 11.1. The maximum atomic E-state index is 13.8. The number of carbonyl (C=O) groups excluding carboxylic acids is 3. The third-order valence-corrected chi connectivity index (χ3v) is 8.05. The molecule has 2 heterocycles. The molecule has 0 saturated carbocycles. The van der Waals surface area contributed by atoms with E-state index in [2.05, 4.69) is 10.6 Å². The van der Waals surface area contributed by atoms with Crippen molar-refractivity contribution in [3.63, 3.8) is 0 Å². The Labute approximate surface area is 259 Å². The van der Waals surface area contributed by atoms with Crippen LogP contribution >= 0.6 is 0 Å². The van der Waals surface area contributed by atoms with Gasteiger partial charge >= 0.3 is 12.2 Å². The Morgan fingerprint density at radius 2 is 1.44 bits per heavy atom. The van der Waals surface area contributed by atoms with Crippen LogP contribution in [0.3, 0.4) is 0 Å². The number of alkyl halides is 3. The maximum Gasteiger partial charge on any atom is 0.416 e. The molecule has 0 bridgehead atoms. The molecule has 12 heteroatoms. The summed E-state index contributed by atoms with van der Waals surface area (Å²) in [5.74, 6) is 0.196. The molecule has 2 fully saturated rings. The molecule has 2 saturated heterocycles. The average molecular weight is 624 g/mol. The Balaban J connectivity index is 1.32. The highest BCUT2D eigenvalue weighted by atomic mass is 19.4. The summed E-state index contributed by atoms with van der Waals surface area (Å²) >= 11 is 0. The first-order valence-electron chi connectivity index (χ1n) is 15.0. The zero-order chi connectivity index (χ0) is 32.0. The molecule has 2 aliphatic rings. The van der Waals surface area contributed by atoms with E-state index < -0.39 is 17.8 Å². The monoisotopic (exact) mass is 623 g/mol. The molecule has 3 aromatic carbocycles. The molecule has 9 nitrogen and oxygen atoms in total. The summed E-state index contributed by atoms with van der Waals surface area (Å²) in [5, 5.41) is 5.48. The van der Waals surface area contributed by atoms with Crippen molar-refractivity contribution in [3.05, 3.63) is 83.4 Å². The van der Waals surface area contributed by atoms with Crippen LogP contribution in [-0.4, -0.2) is 74.0 Å². The summed E-state index contributed by atoms with van der Waals surface area (Å²) in [7, 11) is 1.55. The summed E-state index contributed by atoms with van der Waals surface area (Å²) in [5.41, 5.74) is 1.32. The molecule has 0 aliphatic carbocycles. The molecule has 0 spiro atoms. The summed E-state index contributed by atoms with van der Waals surface area (Å²) in [6.07, 6.45) is -1.01. The van der Waals surface area contributed by atoms with Gasteiger partial charge in [0.05, 0.1) is 18.2 Å². The summed E-state index contributed by atoms with van der Waals surface area (Å²) in [6.45, 7) is 2.98. The molecule has 238 valence electrons. The van der Waals surface area contributed by atoms with Gasteiger partial charge in [-0.1, -0.05) is 6.07 Å². The Hall–Kier alpha value is -4.74. The van der Waals surface area contributed by atoms with Crippen molar-refractivity contribution in [1.82, 2.24) is 9.80 Å². The van der Waals surface area contributed by atoms with Gasteiger partial charge in [-0.15, -0.1) is 0 Å². The van der Waals surface area contributed by atoms with Crippen LogP contribution in [0.15, 0.2) is 66.7 Å². The van der Waals surface area contributed by atoms with E-state index in [9.17, 15) is 27.6 Å². The number of halogens is 3. The third-order valence-electron chi connectivity index (χ3n) is 8.05. The summed E-state index contributed by atoms with van der Waals surface area (Å²) < 4.78 is 44.6. The molecule has 2 aliphatic heterocycles. The van der Waals surface area contributed by atoms with Crippen LogP contribution < -0.4 is 20.3 Å². The number of anilines is 3. The molecule has 45 heavy (non-hydrogen) atoms. The number of methoxy groups -OCH3 is 1. The van der Waals surface area contributed by atoms with Crippen LogP contribution in [0.4, 0.5) is 35.0 Å². The topological polar surface area (TPSA) is 94.2 Å². The quantitative estimate of drug-likeness (QED) is 0.335. The van der Waals surface area contributed by atoms with E-state index in [0.29, 0.717) is 73.9 Å². The summed E-state index contributed by atoms with van der Waals surface area (Å²) in [4.78, 5) is 45.3. The van der Waals surface area contributed by atoms with Gasteiger partial charge in [0.25, 0.3) is 11.8 Å². The number of urea groups is 1. The van der Waals surface area contributed by atoms with Gasteiger partial charge in [0.1, 0.15) is 5.75 Å². The number of hydrogen-bond donors (Lipinski definition) is 2. The van der Waals surface area contributed by atoms with Gasteiger partial charge in [-0.2, -0.15) is 13.2 Å². The van der Waals surface area contributed by atoms with Crippen molar-refractivity contribution < 1.29 is 32.3 Å². The van der Waals surface area contributed by atoms with Crippen LogP contribution in [-0.2, 0) is 6.18 Å². The van der Waals surface area contributed by atoms with Crippen molar-refractivity contribution in [1.29, 1.82) is 0 Å². The van der Waals surface area contributed by atoms with E-state index >= 15 is 0 Å². The number of rotatable bonds is 6. The second kappa shape index (κ2) is 13.9. The molecule has 2 N–H and O–H groups in total. The fraction of sp³-hybridized carbons (Fsp3) is 0.364. The van der Waals surface area contributed by atoms with Crippen LogP contribution in [0.25, 0.3) is 0 Å². The van der Waals surface area contributed by atoms with E-state index in [4.69, 9.17) is 4.74 Å². The molecular formula is C33H36F3N5O4. The van der Waals surface area contributed by atoms with E-state index in [1.165, 1.54) is 12.1 Å². The number of benzene rings is 3.